The third kappa shape index (κ3) is 8.82. The number of rotatable bonds is 15. The molecule has 6 unspecified atom stereocenters. The van der Waals surface area contributed by atoms with E-state index in [4.69, 9.17) is 5.73 Å². The van der Waals surface area contributed by atoms with Gasteiger partial charge in [0.05, 0.1) is 41.9 Å². The van der Waals surface area contributed by atoms with Crippen LogP contribution in [0.3, 0.4) is 0 Å². The Morgan fingerprint density at radius 2 is 1.39 bits per heavy atom. The topological polar surface area (TPSA) is 250 Å². The molecule has 2 saturated heterocycles. The van der Waals surface area contributed by atoms with E-state index in [1.165, 1.54) is 12.4 Å². The highest BCUT2D eigenvalue weighted by molar-refractivity contribution is 6.08. The Morgan fingerprint density at radius 3 is 1.98 bits per heavy atom. The SMILES string of the molecule is CCCC(NC(=O)N1C(=O)C(Cc2ccnc(NCc3cccc(C(C)NC(=O)N4C(=O)C(Cc5ccnc(N)c5)C4C(=O)O)n3)c2)C1C(=O)O)c1ccccc1. The summed E-state index contributed by atoms with van der Waals surface area (Å²) in [5.74, 6) is -5.02. The minimum Gasteiger partial charge on any atom is -0.480 e. The second kappa shape index (κ2) is 17.3. The van der Waals surface area contributed by atoms with Crippen LogP contribution >= 0.6 is 0 Å². The number of carbonyl (C=O) groups excluding carboxylic acids is 4. The van der Waals surface area contributed by atoms with E-state index < -0.39 is 65.8 Å². The number of nitrogens with two attached hydrogens (primary N) is 1. The van der Waals surface area contributed by atoms with Crippen molar-refractivity contribution in [1.82, 2.24) is 35.4 Å². The Labute approximate surface area is 327 Å². The molecule has 0 radical (unpaired) electrons. The van der Waals surface area contributed by atoms with Crippen LogP contribution in [0.4, 0.5) is 21.2 Å². The van der Waals surface area contributed by atoms with Crippen molar-refractivity contribution in [3.8, 4) is 0 Å². The lowest BCUT2D eigenvalue weighted by Gasteiger charge is -2.43. The number of imide groups is 2. The van der Waals surface area contributed by atoms with Gasteiger partial charge in [-0.2, -0.15) is 0 Å². The molecule has 17 nitrogen and oxygen atoms in total. The number of likely N-dealkylation sites (tertiary alicyclic amines) is 2. The predicted octanol–water partition coefficient (Wildman–Crippen LogP) is 3.70. The molecule has 6 rings (SSSR count). The van der Waals surface area contributed by atoms with Crippen molar-refractivity contribution in [2.45, 2.75) is 70.2 Å². The molecule has 0 aliphatic carbocycles. The molecular formula is C40H43N9O8. The van der Waals surface area contributed by atoms with Crippen molar-refractivity contribution in [1.29, 1.82) is 0 Å². The van der Waals surface area contributed by atoms with E-state index in [2.05, 4.69) is 30.9 Å². The van der Waals surface area contributed by atoms with Gasteiger partial charge < -0.3 is 31.9 Å². The van der Waals surface area contributed by atoms with Crippen molar-refractivity contribution < 1.29 is 39.0 Å². The van der Waals surface area contributed by atoms with Crippen LogP contribution in [-0.2, 0) is 38.6 Å². The molecule has 2 fully saturated rings. The first-order valence-corrected chi connectivity index (χ1v) is 18.5. The van der Waals surface area contributed by atoms with Crippen molar-refractivity contribution in [2.75, 3.05) is 11.1 Å². The lowest BCUT2D eigenvalue weighted by Crippen LogP contribution is -2.68. The molecule has 7 N–H and O–H groups in total. The second-order valence-electron chi connectivity index (χ2n) is 14.0. The number of nitrogen functional groups attached to an aromatic ring is 1. The average Bonchev–Trinajstić information content (AvgIpc) is 3.19. The van der Waals surface area contributed by atoms with Gasteiger partial charge in [-0.15, -0.1) is 0 Å². The summed E-state index contributed by atoms with van der Waals surface area (Å²) in [6, 6.07) is 15.6. The number of nitrogens with one attached hydrogen (secondary N) is 3. The smallest absolute Gasteiger partial charge is 0.327 e. The molecule has 2 aliphatic rings. The van der Waals surface area contributed by atoms with Crippen LogP contribution in [0.2, 0.25) is 0 Å². The molecule has 4 aromatic rings. The molecule has 3 aromatic heterocycles. The minimum atomic E-state index is -1.36. The number of benzene rings is 1. The summed E-state index contributed by atoms with van der Waals surface area (Å²) in [6.07, 6.45) is 4.52. The Bertz CT molecular complexity index is 2170. The van der Waals surface area contributed by atoms with Gasteiger partial charge in [-0.1, -0.05) is 49.7 Å². The maximum atomic E-state index is 13.2. The van der Waals surface area contributed by atoms with Gasteiger partial charge in [-0.3, -0.25) is 14.6 Å². The van der Waals surface area contributed by atoms with Crippen LogP contribution in [0.15, 0.2) is 85.2 Å². The summed E-state index contributed by atoms with van der Waals surface area (Å²) in [7, 11) is 0. The standard InChI is InChI=1S/C40H43N9O8/c1-3-8-30(25-9-5-4-6-10-25)47-40(57)49-34(38(54)55)28(36(49)51)18-24-14-16-43-32(20-24)44-21-26-11-7-12-29(46-26)22(2)45-39(56)48-33(37(52)53)27(35(48)50)17-23-13-15-42-31(41)19-23/h4-7,9-16,19-20,22,27-28,30,33-34H,3,8,17-18,21H2,1-2H3,(H2,41,42)(H,43,44)(H,45,56)(H,47,57)(H,52,53)(H,54,55). The van der Waals surface area contributed by atoms with Crippen molar-refractivity contribution >= 4 is 47.5 Å². The number of carbonyl (C=O) groups is 6. The second-order valence-corrected chi connectivity index (χ2v) is 14.0. The molecule has 0 spiro atoms. The number of anilines is 2. The third-order valence-corrected chi connectivity index (χ3v) is 10.1. The third-order valence-electron chi connectivity index (χ3n) is 10.1. The van der Waals surface area contributed by atoms with Crippen LogP contribution in [0.1, 0.15) is 66.9 Å². The van der Waals surface area contributed by atoms with E-state index in [1.807, 2.05) is 37.3 Å². The molecule has 5 heterocycles. The summed E-state index contributed by atoms with van der Waals surface area (Å²) in [6.45, 7) is 3.83. The van der Waals surface area contributed by atoms with Crippen molar-refractivity contribution in [3.63, 3.8) is 0 Å². The first kappa shape index (κ1) is 39.8. The van der Waals surface area contributed by atoms with E-state index in [0.29, 0.717) is 39.7 Å². The number of carboxylic acid groups (broad SMARTS) is 2. The molecule has 17 heteroatoms. The quantitative estimate of drug-likeness (QED) is 0.0944. The predicted molar refractivity (Wildman–Crippen MR) is 205 cm³/mol. The Balaban J connectivity index is 1.04. The van der Waals surface area contributed by atoms with E-state index in [9.17, 15) is 39.0 Å². The first-order chi connectivity index (χ1) is 27.4. The zero-order valence-electron chi connectivity index (χ0n) is 31.2. The fourth-order valence-electron chi connectivity index (χ4n) is 7.20. The zero-order valence-corrected chi connectivity index (χ0v) is 31.2. The van der Waals surface area contributed by atoms with Crippen molar-refractivity contribution in [2.24, 2.45) is 11.8 Å². The van der Waals surface area contributed by atoms with Crippen LogP contribution in [0, 0.1) is 11.8 Å². The first-order valence-electron chi connectivity index (χ1n) is 18.5. The summed E-state index contributed by atoms with van der Waals surface area (Å²) in [4.78, 5) is 91.3. The number of urea groups is 2. The van der Waals surface area contributed by atoms with Gasteiger partial charge in [0.2, 0.25) is 11.8 Å². The fourth-order valence-corrected chi connectivity index (χ4v) is 7.20. The largest absolute Gasteiger partial charge is 0.480 e. The van der Waals surface area contributed by atoms with E-state index in [0.717, 1.165) is 16.9 Å². The Kier molecular flexibility index (Phi) is 12.0. The van der Waals surface area contributed by atoms with Crippen LogP contribution in [0.25, 0.3) is 0 Å². The molecule has 6 amide bonds. The molecule has 0 bridgehead atoms. The summed E-state index contributed by atoms with van der Waals surface area (Å²) in [5, 5.41) is 28.5. The molecule has 1 aromatic carbocycles. The number of β-lactam (4-membered cyclic amide) rings is 2. The van der Waals surface area contributed by atoms with Crippen LogP contribution in [-0.4, -0.2) is 82.9 Å². The van der Waals surface area contributed by atoms with Gasteiger partial charge >= 0.3 is 24.0 Å². The maximum Gasteiger partial charge on any atom is 0.327 e. The van der Waals surface area contributed by atoms with Crippen LogP contribution < -0.4 is 21.7 Å². The number of nitrogens with zero attached hydrogens (tertiary/aromatic N) is 5. The number of pyridine rings is 3. The highest BCUT2D eigenvalue weighted by Crippen LogP contribution is 2.33. The minimum absolute atomic E-state index is 0.0696. The normalized spacial score (nSPS) is 19.8. The van der Waals surface area contributed by atoms with Gasteiger partial charge in [0.25, 0.3) is 0 Å². The fraction of sp³-hybridized carbons (Fsp3) is 0.325. The number of carboxylic acids is 2. The maximum absolute atomic E-state index is 13.2. The lowest BCUT2D eigenvalue weighted by atomic mass is 9.82. The van der Waals surface area contributed by atoms with Gasteiger partial charge in [-0.25, -0.2) is 38.9 Å². The summed E-state index contributed by atoms with van der Waals surface area (Å²) >= 11 is 0. The number of aromatic nitrogens is 3. The summed E-state index contributed by atoms with van der Waals surface area (Å²) in [5.41, 5.74) is 8.86. The Hall–Kier alpha value is -6.91. The molecule has 296 valence electrons. The van der Waals surface area contributed by atoms with Gasteiger partial charge in [0, 0.05) is 12.4 Å². The average molecular weight is 778 g/mol. The molecule has 57 heavy (non-hydrogen) atoms. The highest BCUT2D eigenvalue weighted by Gasteiger charge is 2.56. The van der Waals surface area contributed by atoms with Gasteiger partial charge in [0.1, 0.15) is 11.6 Å². The lowest BCUT2D eigenvalue weighted by molar-refractivity contribution is -0.165. The van der Waals surface area contributed by atoms with Crippen molar-refractivity contribution in [3.05, 3.63) is 113 Å². The molecular weight excluding hydrogens is 734 g/mol. The molecule has 2 aliphatic heterocycles. The zero-order chi connectivity index (χ0) is 40.8. The Morgan fingerprint density at radius 1 is 0.789 bits per heavy atom. The summed E-state index contributed by atoms with van der Waals surface area (Å²) < 4.78 is 0. The van der Waals surface area contributed by atoms with E-state index in [1.54, 1.807) is 49.4 Å². The van der Waals surface area contributed by atoms with Gasteiger partial charge in [-0.05, 0) is 79.3 Å². The highest BCUT2D eigenvalue weighted by atomic mass is 16.4. The number of hydrogen-bond donors (Lipinski definition) is 6. The van der Waals surface area contributed by atoms with E-state index in [-0.39, 0.29) is 31.2 Å². The molecule has 6 atom stereocenters. The van der Waals surface area contributed by atoms with Crippen LogP contribution in [0.5, 0.6) is 0 Å². The number of hydrogen-bond acceptors (Lipinski definition) is 11. The monoisotopic (exact) mass is 777 g/mol. The van der Waals surface area contributed by atoms with E-state index >= 15 is 0 Å². The van der Waals surface area contributed by atoms with Gasteiger partial charge in [0.15, 0.2) is 12.1 Å². The number of aliphatic carboxylic acids is 2. The number of amides is 6. The molecule has 0 saturated carbocycles.